The number of aromatic nitrogens is 2. The van der Waals surface area contributed by atoms with Crippen molar-refractivity contribution in [1.29, 1.82) is 0 Å². The van der Waals surface area contributed by atoms with Crippen molar-refractivity contribution in [3.8, 4) is 11.3 Å². The van der Waals surface area contributed by atoms with Gasteiger partial charge in [-0.15, -0.1) is 11.3 Å². The van der Waals surface area contributed by atoms with Crippen LogP contribution in [0.15, 0.2) is 40.6 Å². The number of anilines is 2. The van der Waals surface area contributed by atoms with Crippen molar-refractivity contribution in [2.45, 2.75) is 38.6 Å². The van der Waals surface area contributed by atoms with Crippen LogP contribution >= 0.6 is 11.3 Å². The predicted molar refractivity (Wildman–Crippen MR) is 125 cm³/mol. The quantitative estimate of drug-likeness (QED) is 0.485. The lowest BCUT2D eigenvalue weighted by Crippen LogP contribution is -2.41. The number of carbonyl (C=O) groups is 2. The third-order valence-electron chi connectivity index (χ3n) is 5.00. The van der Waals surface area contributed by atoms with E-state index in [1.807, 2.05) is 32.3 Å². The molecule has 0 saturated heterocycles. The fraction of sp³-hybridized carbons (Fsp3) is 0.286. The third kappa shape index (κ3) is 5.23. The van der Waals surface area contributed by atoms with Crippen LogP contribution in [0.1, 0.15) is 25.2 Å². The molecule has 1 aromatic carbocycles. The molecular formula is C21H25N5O4S2. The molecule has 11 heteroatoms. The van der Waals surface area contributed by atoms with Crippen LogP contribution in [0, 0.1) is 13.8 Å². The Morgan fingerprint density at radius 1 is 1.12 bits per heavy atom. The minimum atomic E-state index is -3.93. The molecule has 0 fully saturated rings. The second-order valence-electron chi connectivity index (χ2n) is 7.42. The summed E-state index contributed by atoms with van der Waals surface area (Å²) >= 11 is 1.27. The number of benzene rings is 1. The zero-order valence-electron chi connectivity index (χ0n) is 18.4. The monoisotopic (exact) mass is 475 g/mol. The highest BCUT2D eigenvalue weighted by Crippen LogP contribution is 2.29. The Morgan fingerprint density at radius 3 is 2.34 bits per heavy atom. The smallest absolute Gasteiger partial charge is 0.244 e. The van der Waals surface area contributed by atoms with Crippen molar-refractivity contribution in [2.24, 2.45) is 7.05 Å². The van der Waals surface area contributed by atoms with Crippen LogP contribution in [0.5, 0.6) is 0 Å². The molecule has 0 radical (unpaired) electrons. The highest BCUT2D eigenvalue weighted by molar-refractivity contribution is 7.89. The van der Waals surface area contributed by atoms with Crippen molar-refractivity contribution in [3.05, 3.63) is 47.1 Å². The molecule has 2 amide bonds. The summed E-state index contributed by atoms with van der Waals surface area (Å²) < 4.78 is 29.6. The molecule has 3 aromatic rings. The van der Waals surface area contributed by atoms with Crippen molar-refractivity contribution in [3.63, 3.8) is 0 Å². The lowest BCUT2D eigenvalue weighted by atomic mass is 10.2. The summed E-state index contributed by atoms with van der Waals surface area (Å²) in [6.07, 6.45) is 0. The van der Waals surface area contributed by atoms with E-state index in [4.69, 9.17) is 0 Å². The van der Waals surface area contributed by atoms with E-state index in [0.717, 1.165) is 22.6 Å². The molecule has 0 unspecified atom stereocenters. The Hall–Kier alpha value is -3.02. The molecule has 0 bridgehead atoms. The molecule has 32 heavy (non-hydrogen) atoms. The first kappa shape index (κ1) is 23.6. The summed E-state index contributed by atoms with van der Waals surface area (Å²) in [5.74, 6) is -0.780. The number of thiazole rings is 1. The first-order valence-electron chi connectivity index (χ1n) is 9.77. The number of hydrogen-bond acceptors (Lipinski definition) is 6. The lowest BCUT2D eigenvalue weighted by Gasteiger charge is -2.14. The Morgan fingerprint density at radius 2 is 1.78 bits per heavy atom. The minimum Gasteiger partial charge on any atom is -0.351 e. The van der Waals surface area contributed by atoms with E-state index in [9.17, 15) is 18.0 Å². The van der Waals surface area contributed by atoms with Crippen LogP contribution in [0.3, 0.4) is 0 Å². The Labute approximate surface area is 190 Å². The van der Waals surface area contributed by atoms with Gasteiger partial charge in [-0.25, -0.2) is 13.4 Å². The highest BCUT2D eigenvalue weighted by atomic mass is 32.2. The molecule has 2 heterocycles. The van der Waals surface area contributed by atoms with Gasteiger partial charge >= 0.3 is 0 Å². The van der Waals surface area contributed by atoms with Gasteiger partial charge in [-0.1, -0.05) is 0 Å². The van der Waals surface area contributed by atoms with Crippen molar-refractivity contribution in [2.75, 3.05) is 10.6 Å². The molecule has 3 N–H and O–H groups in total. The highest BCUT2D eigenvalue weighted by Gasteiger charge is 2.23. The minimum absolute atomic E-state index is 0.0160. The van der Waals surface area contributed by atoms with Gasteiger partial charge in [0.25, 0.3) is 0 Å². The Balaban J connectivity index is 1.66. The maximum absolute atomic E-state index is 12.6. The van der Waals surface area contributed by atoms with Gasteiger partial charge in [0.05, 0.1) is 16.6 Å². The standard InChI is InChI=1S/C21H25N5O4S2/c1-12-10-18(14(3)26(12)5)19-11-31-21(23-19)24-20(28)13(2)25-32(29,30)17-8-6-16(7-9-17)22-15(4)27/h6-11,13,25H,1-5H3,(H,22,27)(H,23,24,28)/t13-/m0/s1. The van der Waals surface area contributed by atoms with Gasteiger partial charge in [0.15, 0.2) is 5.13 Å². The maximum Gasteiger partial charge on any atom is 0.244 e. The second kappa shape index (κ2) is 9.23. The molecule has 1 atom stereocenters. The van der Waals surface area contributed by atoms with Crippen molar-refractivity contribution in [1.82, 2.24) is 14.3 Å². The number of aryl methyl sites for hydroxylation is 1. The molecular weight excluding hydrogens is 450 g/mol. The normalized spacial score (nSPS) is 12.4. The van der Waals surface area contributed by atoms with Crippen LogP contribution < -0.4 is 15.4 Å². The van der Waals surface area contributed by atoms with E-state index < -0.39 is 22.0 Å². The predicted octanol–water partition coefficient (Wildman–Crippen LogP) is 3.03. The third-order valence-corrected chi connectivity index (χ3v) is 7.31. The summed E-state index contributed by atoms with van der Waals surface area (Å²) in [6.45, 7) is 6.82. The summed E-state index contributed by atoms with van der Waals surface area (Å²) in [7, 11) is -1.95. The van der Waals surface area contributed by atoms with Crippen LogP contribution in [0.4, 0.5) is 10.8 Å². The zero-order chi connectivity index (χ0) is 23.6. The zero-order valence-corrected chi connectivity index (χ0v) is 20.0. The van der Waals surface area contributed by atoms with E-state index in [0.29, 0.717) is 10.8 Å². The average Bonchev–Trinajstić information content (AvgIpc) is 3.27. The SMILES string of the molecule is CC(=O)Nc1ccc(S(=O)(=O)N[C@@H](C)C(=O)Nc2nc(-c3cc(C)n(C)c3C)cs2)cc1. The largest absolute Gasteiger partial charge is 0.351 e. The van der Waals surface area contributed by atoms with Crippen LogP contribution in [0.2, 0.25) is 0 Å². The molecule has 0 aliphatic carbocycles. The summed E-state index contributed by atoms with van der Waals surface area (Å²) in [6, 6.07) is 6.67. The van der Waals surface area contributed by atoms with Crippen LogP contribution in [-0.2, 0) is 26.7 Å². The number of nitrogens with one attached hydrogen (secondary N) is 3. The molecule has 170 valence electrons. The van der Waals surface area contributed by atoms with Gasteiger partial charge in [0.2, 0.25) is 21.8 Å². The average molecular weight is 476 g/mol. The summed E-state index contributed by atoms with van der Waals surface area (Å²) in [4.78, 5) is 28.1. The molecule has 2 aromatic heterocycles. The van der Waals surface area contributed by atoms with Gasteiger partial charge in [-0.2, -0.15) is 4.72 Å². The molecule has 0 aliphatic rings. The maximum atomic E-state index is 12.6. The second-order valence-corrected chi connectivity index (χ2v) is 9.99. The summed E-state index contributed by atoms with van der Waals surface area (Å²) in [5, 5.41) is 7.47. The van der Waals surface area contributed by atoms with E-state index in [-0.39, 0.29) is 10.8 Å². The van der Waals surface area contributed by atoms with Gasteiger partial charge in [-0.3, -0.25) is 9.59 Å². The van der Waals surface area contributed by atoms with E-state index >= 15 is 0 Å². The van der Waals surface area contributed by atoms with E-state index in [1.54, 1.807) is 0 Å². The fourth-order valence-electron chi connectivity index (χ4n) is 3.06. The fourth-order valence-corrected chi connectivity index (χ4v) is 4.97. The molecule has 0 saturated carbocycles. The van der Waals surface area contributed by atoms with Gasteiger partial charge in [-0.05, 0) is 51.1 Å². The van der Waals surface area contributed by atoms with E-state index in [2.05, 4.69) is 24.9 Å². The number of hydrogen-bond donors (Lipinski definition) is 3. The number of carbonyl (C=O) groups excluding carboxylic acids is 2. The van der Waals surface area contributed by atoms with Gasteiger partial charge in [0.1, 0.15) is 0 Å². The number of rotatable bonds is 7. The number of nitrogens with zero attached hydrogens (tertiary/aromatic N) is 2. The topological polar surface area (TPSA) is 122 Å². The lowest BCUT2D eigenvalue weighted by molar-refractivity contribution is -0.117. The number of sulfonamides is 1. The van der Waals surface area contributed by atoms with E-state index in [1.165, 1.54) is 49.4 Å². The van der Waals surface area contributed by atoms with Crippen molar-refractivity contribution >= 4 is 44.0 Å². The number of amides is 2. The molecule has 0 spiro atoms. The Bertz CT molecular complexity index is 1260. The first-order valence-corrected chi connectivity index (χ1v) is 12.1. The van der Waals surface area contributed by atoms with Gasteiger partial charge < -0.3 is 15.2 Å². The molecule has 9 nitrogen and oxygen atoms in total. The molecule has 3 rings (SSSR count). The first-order chi connectivity index (χ1) is 15.0. The van der Waals surface area contributed by atoms with Crippen LogP contribution in [-0.4, -0.2) is 35.8 Å². The Kier molecular flexibility index (Phi) is 6.82. The molecule has 0 aliphatic heterocycles. The summed E-state index contributed by atoms with van der Waals surface area (Å²) in [5.41, 5.74) is 4.38. The van der Waals surface area contributed by atoms with Gasteiger partial charge in [0, 0.05) is 42.0 Å². The van der Waals surface area contributed by atoms with Crippen molar-refractivity contribution < 1.29 is 18.0 Å². The van der Waals surface area contributed by atoms with Crippen LogP contribution in [0.25, 0.3) is 11.3 Å².